The summed E-state index contributed by atoms with van der Waals surface area (Å²) in [6, 6.07) is 12.8. The zero-order valence-corrected chi connectivity index (χ0v) is 12.0. The molecule has 0 spiro atoms. The van der Waals surface area contributed by atoms with Crippen LogP contribution in [-0.2, 0) is 4.79 Å². The molecule has 0 unspecified atom stereocenters. The first-order valence-corrected chi connectivity index (χ1v) is 6.96. The van der Waals surface area contributed by atoms with Crippen molar-refractivity contribution in [2.45, 2.75) is 26.2 Å². The Morgan fingerprint density at radius 1 is 1.10 bits per heavy atom. The number of aromatic nitrogens is 1. The second kappa shape index (κ2) is 7.33. The van der Waals surface area contributed by atoms with Crippen molar-refractivity contribution in [3.63, 3.8) is 0 Å². The van der Waals surface area contributed by atoms with E-state index in [-0.39, 0.29) is 11.7 Å². The predicted molar refractivity (Wildman–Crippen MR) is 82.2 cm³/mol. The van der Waals surface area contributed by atoms with Crippen LogP contribution in [0.3, 0.4) is 0 Å². The fraction of sp³-hybridized carbons (Fsp3) is 0.235. The van der Waals surface area contributed by atoms with E-state index in [0.717, 1.165) is 5.56 Å². The van der Waals surface area contributed by atoms with E-state index in [9.17, 15) is 9.59 Å². The van der Waals surface area contributed by atoms with Gasteiger partial charge in [0.25, 0.3) is 0 Å². The van der Waals surface area contributed by atoms with E-state index >= 15 is 0 Å². The SMILES string of the molecule is Cc1ccnc(NC(=O)CCCC(=O)c2ccccc2)c1. The Labute approximate surface area is 124 Å². The fourth-order valence-corrected chi connectivity index (χ4v) is 1.99. The van der Waals surface area contributed by atoms with Crippen molar-refractivity contribution < 1.29 is 9.59 Å². The Hall–Kier alpha value is -2.49. The Kier molecular flexibility index (Phi) is 5.21. The smallest absolute Gasteiger partial charge is 0.225 e. The van der Waals surface area contributed by atoms with E-state index in [2.05, 4.69) is 10.3 Å². The van der Waals surface area contributed by atoms with Gasteiger partial charge >= 0.3 is 0 Å². The summed E-state index contributed by atoms with van der Waals surface area (Å²) >= 11 is 0. The standard InChI is InChI=1S/C17H18N2O2/c1-13-10-11-18-16(12-13)19-17(21)9-5-8-15(20)14-6-3-2-4-7-14/h2-4,6-7,10-12H,5,8-9H2,1H3,(H,18,19,21). The number of anilines is 1. The minimum absolute atomic E-state index is 0.0667. The zero-order valence-electron chi connectivity index (χ0n) is 12.0. The summed E-state index contributed by atoms with van der Waals surface area (Å²) in [5.74, 6) is 0.500. The molecule has 0 aliphatic rings. The van der Waals surface area contributed by atoms with Gasteiger partial charge in [-0.1, -0.05) is 30.3 Å². The van der Waals surface area contributed by atoms with Crippen LogP contribution < -0.4 is 5.32 Å². The van der Waals surface area contributed by atoms with Crippen LogP contribution in [0.4, 0.5) is 5.82 Å². The maximum atomic E-state index is 11.9. The molecule has 1 N–H and O–H groups in total. The summed E-state index contributed by atoms with van der Waals surface area (Å²) in [4.78, 5) is 27.7. The average Bonchev–Trinajstić information content (AvgIpc) is 2.48. The van der Waals surface area contributed by atoms with E-state index in [1.807, 2.05) is 37.3 Å². The number of Topliss-reactive ketones (excluding diaryl/α,β-unsaturated/α-hetero) is 1. The Balaban J connectivity index is 1.76. The molecule has 1 heterocycles. The number of hydrogen-bond donors (Lipinski definition) is 1. The van der Waals surface area contributed by atoms with Crippen LogP contribution in [0.5, 0.6) is 0 Å². The van der Waals surface area contributed by atoms with E-state index in [0.29, 0.717) is 30.6 Å². The molecule has 4 nitrogen and oxygen atoms in total. The van der Waals surface area contributed by atoms with E-state index in [1.54, 1.807) is 18.3 Å². The van der Waals surface area contributed by atoms with Crippen molar-refractivity contribution in [3.05, 3.63) is 59.8 Å². The second-order valence-corrected chi connectivity index (χ2v) is 4.91. The molecule has 0 saturated heterocycles. The Bertz CT molecular complexity index is 624. The van der Waals surface area contributed by atoms with Gasteiger partial charge in [0.15, 0.2) is 5.78 Å². The Morgan fingerprint density at radius 2 is 1.86 bits per heavy atom. The van der Waals surface area contributed by atoms with Crippen molar-refractivity contribution in [1.29, 1.82) is 0 Å². The molecule has 0 atom stereocenters. The van der Waals surface area contributed by atoms with Gasteiger partial charge < -0.3 is 5.32 Å². The summed E-state index contributed by atoms with van der Waals surface area (Å²) in [7, 11) is 0. The molecule has 0 fully saturated rings. The summed E-state index contributed by atoms with van der Waals surface area (Å²) < 4.78 is 0. The van der Waals surface area contributed by atoms with Crippen LogP contribution in [0.25, 0.3) is 0 Å². The van der Waals surface area contributed by atoms with Gasteiger partial charge in [0, 0.05) is 24.6 Å². The van der Waals surface area contributed by atoms with Crippen molar-refractivity contribution in [3.8, 4) is 0 Å². The highest BCUT2D eigenvalue weighted by atomic mass is 16.1. The van der Waals surface area contributed by atoms with Crippen LogP contribution in [0, 0.1) is 6.92 Å². The molecule has 0 saturated carbocycles. The van der Waals surface area contributed by atoms with Crippen LogP contribution in [0.1, 0.15) is 35.2 Å². The van der Waals surface area contributed by atoms with Crippen molar-refractivity contribution in [2.24, 2.45) is 0 Å². The number of amides is 1. The number of ketones is 1. The number of carbonyl (C=O) groups is 2. The minimum Gasteiger partial charge on any atom is -0.311 e. The highest BCUT2D eigenvalue weighted by Gasteiger charge is 2.08. The molecule has 4 heteroatoms. The Morgan fingerprint density at radius 3 is 2.57 bits per heavy atom. The predicted octanol–water partition coefficient (Wildman–Crippen LogP) is 3.38. The molecule has 1 amide bonds. The normalized spacial score (nSPS) is 10.1. The number of carbonyl (C=O) groups excluding carboxylic acids is 2. The second-order valence-electron chi connectivity index (χ2n) is 4.91. The molecule has 2 aromatic rings. The van der Waals surface area contributed by atoms with E-state index in [4.69, 9.17) is 0 Å². The average molecular weight is 282 g/mol. The third-order valence-corrected chi connectivity index (χ3v) is 3.09. The van der Waals surface area contributed by atoms with Crippen molar-refractivity contribution in [1.82, 2.24) is 4.98 Å². The number of nitrogens with zero attached hydrogens (tertiary/aromatic N) is 1. The van der Waals surface area contributed by atoms with E-state index in [1.165, 1.54) is 0 Å². The molecule has 21 heavy (non-hydrogen) atoms. The summed E-state index contributed by atoms with van der Waals surface area (Å²) in [5.41, 5.74) is 1.73. The van der Waals surface area contributed by atoms with Crippen molar-refractivity contribution >= 4 is 17.5 Å². The summed E-state index contributed by atoms with van der Waals surface area (Å²) in [6.07, 6.45) is 2.88. The third-order valence-electron chi connectivity index (χ3n) is 3.09. The first kappa shape index (κ1) is 14.9. The molecular formula is C17H18N2O2. The van der Waals surface area contributed by atoms with Crippen LogP contribution in [-0.4, -0.2) is 16.7 Å². The van der Waals surface area contributed by atoms with Gasteiger partial charge in [-0.2, -0.15) is 0 Å². The van der Waals surface area contributed by atoms with Crippen LogP contribution in [0.2, 0.25) is 0 Å². The van der Waals surface area contributed by atoms with Gasteiger partial charge in [0.2, 0.25) is 5.91 Å². The monoisotopic (exact) mass is 282 g/mol. The number of nitrogens with one attached hydrogen (secondary N) is 1. The molecule has 0 bridgehead atoms. The minimum atomic E-state index is -0.117. The van der Waals surface area contributed by atoms with Crippen molar-refractivity contribution in [2.75, 3.05) is 5.32 Å². The lowest BCUT2D eigenvalue weighted by molar-refractivity contribution is -0.116. The first-order chi connectivity index (χ1) is 10.1. The van der Waals surface area contributed by atoms with Gasteiger partial charge in [0.1, 0.15) is 5.82 Å². The quantitative estimate of drug-likeness (QED) is 0.826. The van der Waals surface area contributed by atoms with Gasteiger partial charge in [-0.05, 0) is 31.0 Å². The molecule has 1 aromatic carbocycles. The number of benzene rings is 1. The largest absolute Gasteiger partial charge is 0.311 e. The molecule has 1 aromatic heterocycles. The lowest BCUT2D eigenvalue weighted by Crippen LogP contribution is -2.13. The molecule has 0 aliphatic heterocycles. The highest BCUT2D eigenvalue weighted by molar-refractivity contribution is 5.96. The van der Waals surface area contributed by atoms with Gasteiger partial charge in [-0.15, -0.1) is 0 Å². The van der Waals surface area contributed by atoms with Crippen LogP contribution >= 0.6 is 0 Å². The molecule has 0 aliphatic carbocycles. The third kappa shape index (κ3) is 4.84. The highest BCUT2D eigenvalue weighted by Crippen LogP contribution is 2.09. The summed E-state index contributed by atoms with van der Waals surface area (Å²) in [5, 5.41) is 2.73. The molecular weight excluding hydrogens is 264 g/mol. The number of pyridine rings is 1. The lowest BCUT2D eigenvalue weighted by Gasteiger charge is -2.05. The van der Waals surface area contributed by atoms with Crippen LogP contribution in [0.15, 0.2) is 48.7 Å². The number of aryl methyl sites for hydroxylation is 1. The van der Waals surface area contributed by atoms with Gasteiger partial charge in [-0.25, -0.2) is 4.98 Å². The lowest BCUT2D eigenvalue weighted by atomic mass is 10.1. The summed E-state index contributed by atoms with van der Waals surface area (Å²) in [6.45, 7) is 1.94. The maximum absolute atomic E-state index is 11.9. The van der Waals surface area contributed by atoms with Gasteiger partial charge in [0.05, 0.1) is 0 Å². The fourth-order valence-electron chi connectivity index (χ4n) is 1.99. The number of hydrogen-bond acceptors (Lipinski definition) is 3. The van der Waals surface area contributed by atoms with Gasteiger partial charge in [-0.3, -0.25) is 9.59 Å². The first-order valence-electron chi connectivity index (χ1n) is 6.96. The molecule has 2 rings (SSSR count). The zero-order chi connectivity index (χ0) is 15.1. The maximum Gasteiger partial charge on any atom is 0.225 e. The topological polar surface area (TPSA) is 59.1 Å². The van der Waals surface area contributed by atoms with E-state index < -0.39 is 0 Å². The molecule has 0 radical (unpaired) electrons. The number of rotatable bonds is 6. The molecule has 108 valence electrons.